The first-order valence-corrected chi connectivity index (χ1v) is 10.6. The molecule has 3 aromatic carbocycles. The Morgan fingerprint density at radius 3 is 2.45 bits per heavy atom. The average Bonchev–Trinajstić information content (AvgIpc) is 2.94. The molecule has 0 spiro atoms. The molecule has 0 aromatic heterocycles. The number of nitrogens with one attached hydrogen (secondary N) is 1. The maximum absolute atomic E-state index is 12.9. The van der Waals surface area contributed by atoms with E-state index in [9.17, 15) is 9.59 Å². The molecule has 1 unspecified atom stereocenters. The van der Waals surface area contributed by atoms with Gasteiger partial charge in [-0.1, -0.05) is 67.6 Å². The molecule has 158 valence electrons. The number of benzene rings is 3. The van der Waals surface area contributed by atoms with Crippen LogP contribution in [-0.4, -0.2) is 23.3 Å². The first kappa shape index (κ1) is 20.7. The third kappa shape index (κ3) is 4.94. The summed E-state index contributed by atoms with van der Waals surface area (Å²) in [6, 6.07) is 25.3. The van der Waals surface area contributed by atoms with Crippen LogP contribution < -0.4 is 10.1 Å². The van der Waals surface area contributed by atoms with E-state index in [4.69, 9.17) is 4.74 Å². The van der Waals surface area contributed by atoms with E-state index < -0.39 is 0 Å². The molecule has 0 bridgehead atoms. The lowest BCUT2D eigenvalue weighted by atomic mass is 9.95. The van der Waals surface area contributed by atoms with Gasteiger partial charge < -0.3 is 15.0 Å². The molecule has 1 N–H and O–H groups in total. The summed E-state index contributed by atoms with van der Waals surface area (Å²) in [6.45, 7) is 2.97. The quantitative estimate of drug-likeness (QED) is 0.634. The first-order valence-electron chi connectivity index (χ1n) is 10.6. The van der Waals surface area contributed by atoms with Gasteiger partial charge in [-0.05, 0) is 35.7 Å². The molecule has 31 heavy (non-hydrogen) atoms. The minimum atomic E-state index is -0.215. The van der Waals surface area contributed by atoms with Crippen molar-refractivity contribution in [2.24, 2.45) is 0 Å². The standard InChI is InChI=1S/C26H26N2O3/c1-2-23(20-11-7-4-8-12-20)26(30)27-22-13-14-24-21(15-22)17-28(25(29)18-31-24)16-19-9-5-3-6-10-19/h3-15,23H,2,16-18H2,1H3,(H,27,30). The summed E-state index contributed by atoms with van der Waals surface area (Å²) >= 11 is 0. The van der Waals surface area contributed by atoms with Crippen LogP contribution in [0.1, 0.15) is 36.0 Å². The lowest BCUT2D eigenvalue weighted by Gasteiger charge is -2.20. The summed E-state index contributed by atoms with van der Waals surface area (Å²) in [5.74, 6) is 0.366. The fraction of sp³-hybridized carbons (Fsp3) is 0.231. The molecule has 0 aliphatic carbocycles. The van der Waals surface area contributed by atoms with Gasteiger partial charge in [0, 0.05) is 24.3 Å². The van der Waals surface area contributed by atoms with E-state index in [-0.39, 0.29) is 24.3 Å². The maximum atomic E-state index is 12.9. The van der Waals surface area contributed by atoms with E-state index >= 15 is 0 Å². The Labute approximate surface area is 182 Å². The highest BCUT2D eigenvalue weighted by Crippen LogP contribution is 2.29. The number of amides is 2. The highest BCUT2D eigenvalue weighted by atomic mass is 16.5. The fourth-order valence-electron chi connectivity index (χ4n) is 3.88. The second-order valence-electron chi connectivity index (χ2n) is 7.71. The third-order valence-corrected chi connectivity index (χ3v) is 5.54. The van der Waals surface area contributed by atoms with Gasteiger partial charge in [-0.15, -0.1) is 0 Å². The van der Waals surface area contributed by atoms with E-state index in [0.29, 0.717) is 30.9 Å². The van der Waals surface area contributed by atoms with Crippen LogP contribution in [0.15, 0.2) is 78.9 Å². The molecule has 2 amide bonds. The summed E-state index contributed by atoms with van der Waals surface area (Å²) in [4.78, 5) is 27.3. The van der Waals surface area contributed by atoms with Crippen LogP contribution in [0, 0.1) is 0 Å². The Morgan fingerprint density at radius 1 is 1.03 bits per heavy atom. The van der Waals surface area contributed by atoms with E-state index in [0.717, 1.165) is 16.7 Å². The van der Waals surface area contributed by atoms with Gasteiger partial charge in [-0.3, -0.25) is 9.59 Å². The molecular weight excluding hydrogens is 388 g/mol. The van der Waals surface area contributed by atoms with Crippen molar-refractivity contribution >= 4 is 17.5 Å². The van der Waals surface area contributed by atoms with Gasteiger partial charge in [0.1, 0.15) is 5.75 Å². The lowest BCUT2D eigenvalue weighted by molar-refractivity contribution is -0.133. The number of hydrogen-bond donors (Lipinski definition) is 1. The summed E-state index contributed by atoms with van der Waals surface area (Å²) in [7, 11) is 0. The fourth-order valence-corrected chi connectivity index (χ4v) is 3.88. The zero-order chi connectivity index (χ0) is 21.6. The molecule has 1 aliphatic rings. The number of fused-ring (bicyclic) bond motifs is 1. The van der Waals surface area contributed by atoms with Crippen molar-refractivity contribution in [3.05, 3.63) is 95.6 Å². The lowest BCUT2D eigenvalue weighted by Crippen LogP contribution is -2.31. The van der Waals surface area contributed by atoms with Crippen LogP contribution in [0.4, 0.5) is 5.69 Å². The summed E-state index contributed by atoms with van der Waals surface area (Å²) in [5, 5.41) is 3.04. The number of carbonyl (C=O) groups excluding carboxylic acids is 2. The van der Waals surface area contributed by atoms with Crippen molar-refractivity contribution in [2.75, 3.05) is 11.9 Å². The number of rotatable bonds is 6. The molecule has 1 aliphatic heterocycles. The first-order chi connectivity index (χ1) is 15.1. The molecule has 0 saturated carbocycles. The minimum absolute atomic E-state index is 0.0114. The molecule has 1 atom stereocenters. The number of nitrogens with zero attached hydrogens (tertiary/aromatic N) is 1. The van der Waals surface area contributed by atoms with Crippen molar-refractivity contribution in [3.63, 3.8) is 0 Å². The summed E-state index contributed by atoms with van der Waals surface area (Å²) in [6.07, 6.45) is 0.712. The van der Waals surface area contributed by atoms with E-state index in [1.54, 1.807) is 4.90 Å². The Kier molecular flexibility index (Phi) is 6.32. The molecule has 0 fully saturated rings. The molecule has 4 rings (SSSR count). The molecule has 0 saturated heterocycles. The van der Waals surface area contributed by atoms with Gasteiger partial charge in [0.25, 0.3) is 5.91 Å². The van der Waals surface area contributed by atoms with E-state index in [1.165, 1.54) is 0 Å². The third-order valence-electron chi connectivity index (χ3n) is 5.54. The van der Waals surface area contributed by atoms with Gasteiger partial charge in [0.05, 0.1) is 5.92 Å². The Balaban J connectivity index is 1.51. The molecule has 3 aromatic rings. The predicted molar refractivity (Wildman–Crippen MR) is 121 cm³/mol. The van der Waals surface area contributed by atoms with Crippen molar-refractivity contribution in [1.82, 2.24) is 4.90 Å². The van der Waals surface area contributed by atoms with Gasteiger partial charge in [-0.25, -0.2) is 0 Å². The van der Waals surface area contributed by atoms with Gasteiger partial charge >= 0.3 is 0 Å². The normalized spacial score (nSPS) is 14.2. The largest absolute Gasteiger partial charge is 0.483 e. The molecule has 1 heterocycles. The molecule has 5 nitrogen and oxygen atoms in total. The minimum Gasteiger partial charge on any atom is -0.483 e. The van der Waals surface area contributed by atoms with Crippen molar-refractivity contribution < 1.29 is 14.3 Å². The summed E-state index contributed by atoms with van der Waals surface area (Å²) < 4.78 is 5.72. The van der Waals surface area contributed by atoms with E-state index in [2.05, 4.69) is 5.32 Å². The summed E-state index contributed by atoms with van der Waals surface area (Å²) in [5.41, 5.74) is 3.65. The Bertz CT molecular complexity index is 1050. The monoisotopic (exact) mass is 414 g/mol. The number of ether oxygens (including phenoxy) is 1. The number of carbonyl (C=O) groups is 2. The predicted octanol–water partition coefficient (Wildman–Crippen LogP) is 4.74. The Morgan fingerprint density at radius 2 is 1.74 bits per heavy atom. The maximum Gasteiger partial charge on any atom is 0.261 e. The number of anilines is 1. The highest BCUT2D eigenvalue weighted by Gasteiger charge is 2.23. The van der Waals surface area contributed by atoms with Crippen molar-refractivity contribution in [2.45, 2.75) is 32.4 Å². The van der Waals surface area contributed by atoms with Crippen LogP contribution in [0.5, 0.6) is 5.75 Å². The Hall–Kier alpha value is -3.60. The molecule has 5 heteroatoms. The average molecular weight is 415 g/mol. The van der Waals surface area contributed by atoms with Gasteiger partial charge in [0.2, 0.25) is 5.91 Å². The zero-order valence-corrected chi connectivity index (χ0v) is 17.6. The van der Waals surface area contributed by atoms with Gasteiger partial charge in [-0.2, -0.15) is 0 Å². The second-order valence-corrected chi connectivity index (χ2v) is 7.71. The van der Waals surface area contributed by atoms with Gasteiger partial charge in [0.15, 0.2) is 6.61 Å². The smallest absolute Gasteiger partial charge is 0.261 e. The molecular formula is C26H26N2O3. The van der Waals surface area contributed by atoms with Crippen LogP contribution in [0.3, 0.4) is 0 Å². The SMILES string of the molecule is CCC(C(=O)Nc1ccc2c(c1)CN(Cc1ccccc1)C(=O)CO2)c1ccccc1. The van der Waals surface area contributed by atoms with Crippen LogP contribution in [0.2, 0.25) is 0 Å². The van der Waals surface area contributed by atoms with Crippen molar-refractivity contribution in [3.8, 4) is 5.75 Å². The van der Waals surface area contributed by atoms with Crippen molar-refractivity contribution in [1.29, 1.82) is 0 Å². The number of hydrogen-bond acceptors (Lipinski definition) is 3. The second kappa shape index (κ2) is 9.47. The van der Waals surface area contributed by atoms with Crippen LogP contribution >= 0.6 is 0 Å². The van der Waals surface area contributed by atoms with E-state index in [1.807, 2.05) is 85.8 Å². The molecule has 0 radical (unpaired) electrons. The topological polar surface area (TPSA) is 58.6 Å². The zero-order valence-electron chi connectivity index (χ0n) is 17.6. The highest BCUT2D eigenvalue weighted by molar-refractivity contribution is 5.96. The van der Waals surface area contributed by atoms with Crippen LogP contribution in [-0.2, 0) is 22.7 Å². The van der Waals surface area contributed by atoms with Crippen LogP contribution in [0.25, 0.3) is 0 Å².